The summed E-state index contributed by atoms with van der Waals surface area (Å²) in [5.41, 5.74) is 3.47. The van der Waals surface area contributed by atoms with Crippen molar-refractivity contribution in [3.05, 3.63) is 71.0 Å². The fourth-order valence-corrected chi connectivity index (χ4v) is 4.64. The molecule has 1 saturated heterocycles. The number of benzene rings is 2. The molecule has 0 saturated carbocycles. The molecule has 122 valence electrons. The van der Waals surface area contributed by atoms with Gasteiger partial charge in [0.05, 0.1) is 0 Å². The van der Waals surface area contributed by atoms with Gasteiger partial charge in [0.2, 0.25) is 0 Å². The first-order valence-corrected chi connectivity index (χ1v) is 9.21. The van der Waals surface area contributed by atoms with E-state index in [2.05, 4.69) is 43.1 Å². The third-order valence-corrected chi connectivity index (χ3v) is 6.45. The molecule has 0 amide bonds. The minimum Gasteiger partial charge on any atom is -0.306 e. The van der Waals surface area contributed by atoms with E-state index in [1.165, 1.54) is 11.1 Å². The second-order valence-electron chi connectivity index (χ2n) is 6.55. The number of hydrogen-bond acceptors (Lipinski definition) is 2. The lowest BCUT2D eigenvalue weighted by molar-refractivity contribution is 0.237. The van der Waals surface area contributed by atoms with Gasteiger partial charge < -0.3 is 4.90 Å². The Morgan fingerprint density at radius 3 is 2.35 bits per heavy atom. The molecule has 0 aromatic heterocycles. The summed E-state index contributed by atoms with van der Waals surface area (Å²) < 4.78 is 14.4. The van der Waals surface area contributed by atoms with Crippen molar-refractivity contribution in [3.63, 3.8) is 0 Å². The average molecular weight is 329 g/mol. The predicted octanol–water partition coefficient (Wildman–Crippen LogP) is 4.99. The summed E-state index contributed by atoms with van der Waals surface area (Å²) in [5.74, 6) is 0.867. The van der Waals surface area contributed by atoms with Gasteiger partial charge in [0.1, 0.15) is 5.82 Å². The summed E-state index contributed by atoms with van der Waals surface area (Å²) in [6.07, 6.45) is 2.00. The fourth-order valence-electron chi connectivity index (χ4n) is 3.21. The van der Waals surface area contributed by atoms with Crippen LogP contribution in [-0.2, 0) is 10.5 Å². The van der Waals surface area contributed by atoms with Gasteiger partial charge in [-0.05, 0) is 51.5 Å². The number of piperidine rings is 1. The highest BCUT2D eigenvalue weighted by Crippen LogP contribution is 2.47. The zero-order valence-corrected chi connectivity index (χ0v) is 14.7. The maximum absolute atomic E-state index is 14.5. The van der Waals surface area contributed by atoms with Crippen LogP contribution in [-0.4, -0.2) is 25.0 Å². The lowest BCUT2D eigenvalue weighted by Gasteiger charge is -2.41. The Hall–Kier alpha value is -1.32. The summed E-state index contributed by atoms with van der Waals surface area (Å²) >= 11 is 1.91. The Kier molecular flexibility index (Phi) is 5.08. The first-order valence-electron chi connectivity index (χ1n) is 8.22. The number of aryl methyl sites for hydroxylation is 1. The van der Waals surface area contributed by atoms with E-state index >= 15 is 0 Å². The number of rotatable bonds is 4. The monoisotopic (exact) mass is 329 g/mol. The van der Waals surface area contributed by atoms with Gasteiger partial charge in [0, 0.05) is 16.1 Å². The molecular weight excluding hydrogens is 305 g/mol. The quantitative estimate of drug-likeness (QED) is 0.777. The maximum Gasteiger partial charge on any atom is 0.127 e. The zero-order chi connectivity index (χ0) is 16.3. The third kappa shape index (κ3) is 3.78. The number of hydrogen-bond donors (Lipinski definition) is 0. The van der Waals surface area contributed by atoms with E-state index in [-0.39, 0.29) is 10.6 Å². The van der Waals surface area contributed by atoms with Gasteiger partial charge in [-0.2, -0.15) is 0 Å². The van der Waals surface area contributed by atoms with Gasteiger partial charge in [-0.25, -0.2) is 4.39 Å². The minimum atomic E-state index is -0.108. The molecule has 1 aliphatic heterocycles. The second kappa shape index (κ2) is 7.06. The molecule has 3 rings (SSSR count). The summed E-state index contributed by atoms with van der Waals surface area (Å²) in [4.78, 5) is 2.34. The number of likely N-dealkylation sites (tertiary alicyclic amines) is 1. The standard InChI is InChI=1S/C20H24FNS/c1-16-7-9-17(10-8-16)15-23-20(11-13-22(2)14-12-20)18-5-3-4-6-19(18)21/h3-10H,11-15H2,1-2H3. The van der Waals surface area contributed by atoms with E-state index < -0.39 is 0 Å². The lowest BCUT2D eigenvalue weighted by Crippen LogP contribution is -2.39. The summed E-state index contributed by atoms with van der Waals surface area (Å²) in [6.45, 7) is 4.15. The molecule has 0 bridgehead atoms. The van der Waals surface area contributed by atoms with Crippen LogP contribution >= 0.6 is 11.8 Å². The Balaban J connectivity index is 1.84. The molecule has 0 N–H and O–H groups in total. The third-order valence-electron chi connectivity index (χ3n) is 4.80. The highest BCUT2D eigenvalue weighted by molar-refractivity contribution is 7.99. The molecule has 2 aromatic carbocycles. The summed E-state index contributed by atoms with van der Waals surface area (Å²) in [7, 11) is 2.15. The molecule has 2 aromatic rings. The van der Waals surface area contributed by atoms with Crippen LogP contribution in [0.3, 0.4) is 0 Å². The van der Waals surface area contributed by atoms with Crippen molar-refractivity contribution in [2.45, 2.75) is 30.3 Å². The molecule has 1 nitrogen and oxygen atoms in total. The number of halogens is 1. The van der Waals surface area contributed by atoms with Gasteiger partial charge in [-0.15, -0.1) is 11.8 Å². The van der Waals surface area contributed by atoms with E-state index in [0.29, 0.717) is 0 Å². The van der Waals surface area contributed by atoms with E-state index in [9.17, 15) is 4.39 Å². The summed E-state index contributed by atoms with van der Waals surface area (Å²) in [6, 6.07) is 16.0. The van der Waals surface area contributed by atoms with Crippen molar-refractivity contribution in [2.75, 3.05) is 20.1 Å². The van der Waals surface area contributed by atoms with Crippen LogP contribution in [0.15, 0.2) is 48.5 Å². The molecule has 0 unspecified atom stereocenters. The zero-order valence-electron chi connectivity index (χ0n) is 13.9. The molecule has 1 heterocycles. The molecule has 1 fully saturated rings. The van der Waals surface area contributed by atoms with Crippen molar-refractivity contribution in [1.29, 1.82) is 0 Å². The van der Waals surface area contributed by atoms with Crippen LogP contribution < -0.4 is 0 Å². The SMILES string of the molecule is Cc1ccc(CSC2(c3ccccc3F)CCN(C)CC2)cc1. The van der Waals surface area contributed by atoms with Gasteiger partial charge in [0.25, 0.3) is 0 Å². The second-order valence-corrected chi connectivity index (χ2v) is 7.91. The van der Waals surface area contributed by atoms with E-state index in [1.807, 2.05) is 23.9 Å². The molecular formula is C20H24FNS. The molecule has 0 spiro atoms. The fraction of sp³-hybridized carbons (Fsp3) is 0.400. The van der Waals surface area contributed by atoms with Crippen LogP contribution in [0.5, 0.6) is 0 Å². The van der Waals surface area contributed by atoms with E-state index in [0.717, 1.165) is 37.2 Å². The van der Waals surface area contributed by atoms with Gasteiger partial charge in [-0.3, -0.25) is 0 Å². The smallest absolute Gasteiger partial charge is 0.127 e. The van der Waals surface area contributed by atoms with Crippen molar-refractivity contribution in [2.24, 2.45) is 0 Å². The average Bonchev–Trinajstić information content (AvgIpc) is 2.57. The maximum atomic E-state index is 14.5. The Morgan fingerprint density at radius 2 is 1.70 bits per heavy atom. The van der Waals surface area contributed by atoms with Crippen molar-refractivity contribution >= 4 is 11.8 Å². The summed E-state index contributed by atoms with van der Waals surface area (Å²) in [5, 5.41) is 0. The van der Waals surface area contributed by atoms with E-state index in [4.69, 9.17) is 0 Å². The Bertz CT molecular complexity index is 645. The molecule has 23 heavy (non-hydrogen) atoms. The van der Waals surface area contributed by atoms with Crippen LogP contribution in [0.25, 0.3) is 0 Å². The first-order chi connectivity index (χ1) is 11.1. The van der Waals surface area contributed by atoms with Crippen molar-refractivity contribution in [1.82, 2.24) is 4.90 Å². The minimum absolute atomic E-state index is 0.0616. The first kappa shape index (κ1) is 16.5. The number of thioether (sulfide) groups is 1. The molecule has 0 atom stereocenters. The normalized spacial score (nSPS) is 18.0. The van der Waals surface area contributed by atoms with Crippen LogP contribution in [0, 0.1) is 12.7 Å². The van der Waals surface area contributed by atoms with Crippen LogP contribution in [0.2, 0.25) is 0 Å². The highest BCUT2D eigenvalue weighted by atomic mass is 32.2. The Labute approximate surface area is 142 Å². The molecule has 3 heteroatoms. The highest BCUT2D eigenvalue weighted by Gasteiger charge is 2.37. The van der Waals surface area contributed by atoms with Crippen molar-refractivity contribution in [3.8, 4) is 0 Å². The van der Waals surface area contributed by atoms with Gasteiger partial charge in [0.15, 0.2) is 0 Å². The Morgan fingerprint density at radius 1 is 1.04 bits per heavy atom. The molecule has 0 aliphatic carbocycles. The van der Waals surface area contributed by atoms with Crippen LogP contribution in [0.1, 0.15) is 29.5 Å². The largest absolute Gasteiger partial charge is 0.306 e. The predicted molar refractivity (Wildman–Crippen MR) is 97.3 cm³/mol. The topological polar surface area (TPSA) is 3.24 Å². The number of nitrogens with zero attached hydrogens (tertiary/aromatic N) is 1. The van der Waals surface area contributed by atoms with Crippen molar-refractivity contribution < 1.29 is 4.39 Å². The van der Waals surface area contributed by atoms with Gasteiger partial charge >= 0.3 is 0 Å². The lowest BCUT2D eigenvalue weighted by atomic mass is 9.88. The van der Waals surface area contributed by atoms with Crippen LogP contribution in [0.4, 0.5) is 4.39 Å². The van der Waals surface area contributed by atoms with Gasteiger partial charge in [-0.1, -0.05) is 48.0 Å². The molecule has 0 radical (unpaired) electrons. The molecule has 1 aliphatic rings. The van der Waals surface area contributed by atoms with E-state index in [1.54, 1.807) is 12.1 Å².